The molecule has 31 heavy (non-hydrogen) atoms. The normalized spacial score (nSPS) is 17.7. The van der Waals surface area contributed by atoms with Crippen LogP contribution in [0.3, 0.4) is 0 Å². The van der Waals surface area contributed by atoms with E-state index in [4.69, 9.17) is 21.4 Å². The summed E-state index contributed by atoms with van der Waals surface area (Å²) in [7, 11) is 1.36. The lowest BCUT2D eigenvalue weighted by molar-refractivity contribution is -0.140. The zero-order chi connectivity index (χ0) is 22.7. The predicted molar refractivity (Wildman–Crippen MR) is 112 cm³/mol. The van der Waals surface area contributed by atoms with Gasteiger partial charge in [0.2, 0.25) is 0 Å². The minimum atomic E-state index is -1.03. The van der Waals surface area contributed by atoms with Crippen molar-refractivity contribution < 1.29 is 34.4 Å². The number of aliphatic hydroxyl groups excluding tert-OH is 1. The quantitative estimate of drug-likeness (QED) is 0.339. The molecule has 1 saturated heterocycles. The van der Waals surface area contributed by atoms with Crippen molar-refractivity contribution in [3.05, 3.63) is 64.2 Å². The number of nitrogens with zero attached hydrogens (tertiary/aromatic N) is 1. The highest BCUT2D eigenvalue weighted by Crippen LogP contribution is 2.41. The topological polar surface area (TPSA) is 124 Å². The molecule has 8 nitrogen and oxygen atoms in total. The van der Waals surface area contributed by atoms with Crippen molar-refractivity contribution in [3.8, 4) is 11.5 Å². The summed E-state index contributed by atoms with van der Waals surface area (Å²) in [6.45, 7) is -0.0118. The molecule has 1 aliphatic rings. The largest absolute Gasteiger partial charge is 0.507 e. The number of amides is 1. The first-order chi connectivity index (χ1) is 14.7. The molecule has 0 aromatic heterocycles. The average molecular weight is 446 g/mol. The molecular weight excluding hydrogens is 426 g/mol. The highest BCUT2D eigenvalue weighted by molar-refractivity contribution is 6.46. The number of phenols is 1. The predicted octanol–water partition coefficient (Wildman–Crippen LogP) is 3.34. The zero-order valence-corrected chi connectivity index (χ0v) is 17.3. The van der Waals surface area contributed by atoms with Gasteiger partial charge < -0.3 is 25.0 Å². The Kier molecular flexibility index (Phi) is 6.50. The molecule has 1 unspecified atom stereocenters. The molecule has 9 heteroatoms. The fourth-order valence-electron chi connectivity index (χ4n) is 3.49. The van der Waals surface area contributed by atoms with Crippen LogP contribution in [0.2, 0.25) is 5.02 Å². The van der Waals surface area contributed by atoms with Crippen LogP contribution < -0.4 is 4.74 Å². The molecule has 1 heterocycles. The van der Waals surface area contributed by atoms with Gasteiger partial charge in [-0.3, -0.25) is 14.4 Å². The maximum Gasteiger partial charge on any atom is 0.303 e. The lowest BCUT2D eigenvalue weighted by Gasteiger charge is -2.25. The highest BCUT2D eigenvalue weighted by Gasteiger charge is 2.46. The lowest BCUT2D eigenvalue weighted by atomic mass is 9.95. The number of aliphatic hydroxyl groups is 1. The Balaban J connectivity index is 2.14. The number of carboxylic acid groups (broad SMARTS) is 1. The first kappa shape index (κ1) is 22.2. The van der Waals surface area contributed by atoms with Crippen LogP contribution in [0, 0.1) is 0 Å². The second kappa shape index (κ2) is 9.09. The lowest BCUT2D eigenvalue weighted by Crippen LogP contribution is -2.31. The molecule has 0 aliphatic carbocycles. The summed E-state index contributed by atoms with van der Waals surface area (Å²) < 4.78 is 5.13. The van der Waals surface area contributed by atoms with E-state index in [2.05, 4.69) is 0 Å². The van der Waals surface area contributed by atoms with Gasteiger partial charge in [0.25, 0.3) is 11.7 Å². The van der Waals surface area contributed by atoms with Gasteiger partial charge in [0.05, 0.1) is 18.7 Å². The maximum atomic E-state index is 12.9. The zero-order valence-electron chi connectivity index (χ0n) is 16.5. The summed E-state index contributed by atoms with van der Waals surface area (Å²) >= 11 is 5.89. The van der Waals surface area contributed by atoms with Gasteiger partial charge in [-0.2, -0.15) is 0 Å². The van der Waals surface area contributed by atoms with Gasteiger partial charge in [-0.1, -0.05) is 17.7 Å². The molecule has 0 saturated carbocycles. The van der Waals surface area contributed by atoms with Gasteiger partial charge >= 0.3 is 5.97 Å². The van der Waals surface area contributed by atoms with Crippen LogP contribution in [0.5, 0.6) is 11.5 Å². The molecular formula is C22H20ClNO7. The number of ether oxygens (including phenoxy) is 1. The van der Waals surface area contributed by atoms with Gasteiger partial charge in [0.15, 0.2) is 11.5 Å². The molecule has 0 radical (unpaired) electrons. The third kappa shape index (κ3) is 4.49. The molecule has 2 aromatic rings. The monoisotopic (exact) mass is 445 g/mol. The van der Waals surface area contributed by atoms with Gasteiger partial charge in [0.1, 0.15) is 5.76 Å². The second-order valence-electron chi connectivity index (χ2n) is 6.93. The van der Waals surface area contributed by atoms with Crippen LogP contribution in [0.1, 0.15) is 30.0 Å². The van der Waals surface area contributed by atoms with E-state index in [1.165, 1.54) is 54.5 Å². The van der Waals surface area contributed by atoms with E-state index in [9.17, 15) is 24.6 Å². The Morgan fingerprint density at radius 1 is 1.13 bits per heavy atom. The van der Waals surface area contributed by atoms with E-state index < -0.39 is 23.7 Å². The number of phenolic OH excluding ortho intramolecular Hbond substituents is 1. The Labute approximate surface area is 182 Å². The minimum Gasteiger partial charge on any atom is -0.507 e. The van der Waals surface area contributed by atoms with Crippen LogP contribution in [0.25, 0.3) is 5.76 Å². The number of aliphatic carboxylic acids is 1. The Bertz CT molecular complexity index is 1060. The summed E-state index contributed by atoms with van der Waals surface area (Å²) in [6, 6.07) is 9.45. The molecule has 0 spiro atoms. The molecule has 3 N–H and O–H groups in total. The number of carboxylic acids is 1. The Morgan fingerprint density at radius 2 is 1.81 bits per heavy atom. The van der Waals surface area contributed by atoms with E-state index in [1.807, 2.05) is 0 Å². The third-order valence-corrected chi connectivity index (χ3v) is 5.22. The number of methoxy groups -OCH3 is 1. The average Bonchev–Trinajstić information content (AvgIpc) is 2.99. The summed E-state index contributed by atoms with van der Waals surface area (Å²) in [5.74, 6) is -3.15. The van der Waals surface area contributed by atoms with E-state index in [0.717, 1.165) is 0 Å². The standard InChI is InChI=1S/C22H20ClNO7/c1-31-16-11-13(6-9-15(16)25)19-18(20(28)12-4-7-14(23)8-5-12)21(29)22(30)24(19)10-2-3-17(26)27/h4-9,11,19,25,28H,2-3,10H2,1H3,(H,26,27)/b20-18-. The fraction of sp³-hybridized carbons (Fsp3) is 0.227. The van der Waals surface area contributed by atoms with Crippen LogP contribution in [0.15, 0.2) is 48.0 Å². The molecule has 1 aliphatic heterocycles. The van der Waals surface area contributed by atoms with Gasteiger partial charge in [-0.05, 0) is 48.4 Å². The number of carbonyl (C=O) groups excluding carboxylic acids is 2. The number of carbonyl (C=O) groups is 3. The van der Waals surface area contributed by atoms with Crippen molar-refractivity contribution in [2.45, 2.75) is 18.9 Å². The first-order valence-corrected chi connectivity index (χ1v) is 9.75. The Hall–Kier alpha value is -3.52. The SMILES string of the molecule is COc1cc(C2/C(=C(/O)c3ccc(Cl)cc3)C(=O)C(=O)N2CCCC(=O)O)ccc1O. The molecule has 162 valence electrons. The van der Waals surface area contributed by atoms with Crippen LogP contribution in [0.4, 0.5) is 0 Å². The molecule has 1 fully saturated rings. The fourth-order valence-corrected chi connectivity index (χ4v) is 3.61. The number of Topliss-reactive ketones (excluding diaryl/α,β-unsaturated/α-hetero) is 1. The number of rotatable bonds is 7. The number of likely N-dealkylation sites (tertiary alicyclic amines) is 1. The second-order valence-corrected chi connectivity index (χ2v) is 7.36. The van der Waals surface area contributed by atoms with Crippen molar-refractivity contribution in [2.24, 2.45) is 0 Å². The maximum absolute atomic E-state index is 12.9. The minimum absolute atomic E-state index is 0.0118. The summed E-state index contributed by atoms with van der Waals surface area (Å²) in [5.41, 5.74) is 0.568. The van der Waals surface area contributed by atoms with Crippen LogP contribution in [-0.2, 0) is 14.4 Å². The Morgan fingerprint density at radius 3 is 2.42 bits per heavy atom. The van der Waals surface area contributed by atoms with E-state index >= 15 is 0 Å². The number of ketones is 1. The van der Waals surface area contributed by atoms with E-state index in [0.29, 0.717) is 16.1 Å². The van der Waals surface area contributed by atoms with Crippen molar-refractivity contribution >= 4 is 35.0 Å². The number of hydrogen-bond acceptors (Lipinski definition) is 6. The van der Waals surface area contributed by atoms with Crippen molar-refractivity contribution in [1.82, 2.24) is 4.90 Å². The van der Waals surface area contributed by atoms with Gasteiger partial charge in [-0.15, -0.1) is 0 Å². The van der Waals surface area contributed by atoms with Crippen molar-refractivity contribution in [1.29, 1.82) is 0 Å². The number of benzene rings is 2. The third-order valence-electron chi connectivity index (χ3n) is 4.97. The molecule has 1 atom stereocenters. The van der Waals surface area contributed by atoms with Crippen LogP contribution >= 0.6 is 11.6 Å². The summed E-state index contributed by atoms with van der Waals surface area (Å²) in [5, 5.41) is 30.2. The van der Waals surface area contributed by atoms with Gasteiger partial charge in [0, 0.05) is 23.6 Å². The molecule has 3 rings (SSSR count). The smallest absolute Gasteiger partial charge is 0.303 e. The van der Waals surface area contributed by atoms with Crippen molar-refractivity contribution in [3.63, 3.8) is 0 Å². The van der Waals surface area contributed by atoms with Crippen molar-refractivity contribution in [2.75, 3.05) is 13.7 Å². The van der Waals surface area contributed by atoms with Gasteiger partial charge in [-0.25, -0.2) is 0 Å². The number of hydrogen-bond donors (Lipinski definition) is 3. The van der Waals surface area contributed by atoms with E-state index in [-0.39, 0.29) is 42.2 Å². The molecule has 0 bridgehead atoms. The van der Waals surface area contributed by atoms with E-state index in [1.54, 1.807) is 0 Å². The summed E-state index contributed by atoms with van der Waals surface area (Å²) in [4.78, 5) is 37.8. The number of aromatic hydroxyl groups is 1. The number of halogens is 1. The first-order valence-electron chi connectivity index (χ1n) is 9.37. The molecule has 2 aromatic carbocycles. The molecule has 1 amide bonds. The summed E-state index contributed by atoms with van der Waals surface area (Å²) in [6.07, 6.45) is -0.0686. The highest BCUT2D eigenvalue weighted by atomic mass is 35.5. The van der Waals surface area contributed by atoms with Crippen LogP contribution in [-0.4, -0.2) is 51.5 Å².